The van der Waals surface area contributed by atoms with Crippen molar-refractivity contribution in [1.82, 2.24) is 9.97 Å². The molecule has 0 aliphatic heterocycles. The van der Waals surface area contributed by atoms with Gasteiger partial charge in [0.25, 0.3) is 5.91 Å². The molecule has 2 heterocycles. The van der Waals surface area contributed by atoms with E-state index in [1.54, 1.807) is 13.8 Å². The first kappa shape index (κ1) is 11.3. The first-order valence-electron chi connectivity index (χ1n) is 4.94. The van der Waals surface area contributed by atoms with Gasteiger partial charge < -0.3 is 9.73 Å². The normalized spacial score (nSPS) is 10.3. The van der Waals surface area contributed by atoms with Crippen LogP contribution in [0.2, 0.25) is 0 Å². The Morgan fingerprint density at radius 1 is 1.35 bits per heavy atom. The third-order valence-electron chi connectivity index (χ3n) is 2.07. The van der Waals surface area contributed by atoms with E-state index >= 15 is 0 Å². The SMILES string of the molecule is Cc1nc(C)c(C(=O)Nc2cccc(F)n2)o1. The van der Waals surface area contributed by atoms with Gasteiger partial charge >= 0.3 is 0 Å². The highest BCUT2D eigenvalue weighted by Gasteiger charge is 2.16. The van der Waals surface area contributed by atoms with Crippen molar-refractivity contribution in [3.63, 3.8) is 0 Å². The third-order valence-corrected chi connectivity index (χ3v) is 2.07. The lowest BCUT2D eigenvalue weighted by Gasteiger charge is -2.01. The van der Waals surface area contributed by atoms with Crippen LogP contribution in [-0.4, -0.2) is 15.9 Å². The molecule has 5 nitrogen and oxygen atoms in total. The molecule has 1 amide bonds. The Hall–Kier alpha value is -2.24. The summed E-state index contributed by atoms with van der Waals surface area (Å²) in [4.78, 5) is 19.2. The lowest BCUT2D eigenvalue weighted by atomic mass is 10.3. The Morgan fingerprint density at radius 3 is 2.71 bits per heavy atom. The Balaban J connectivity index is 2.20. The van der Waals surface area contributed by atoms with Crippen molar-refractivity contribution in [1.29, 1.82) is 0 Å². The molecule has 0 saturated heterocycles. The van der Waals surface area contributed by atoms with Gasteiger partial charge in [0.1, 0.15) is 5.82 Å². The molecule has 88 valence electrons. The fourth-order valence-electron chi connectivity index (χ4n) is 1.39. The maximum Gasteiger partial charge on any atom is 0.294 e. The number of anilines is 1. The van der Waals surface area contributed by atoms with Gasteiger partial charge in [0.05, 0.1) is 5.69 Å². The van der Waals surface area contributed by atoms with Gasteiger partial charge in [-0.2, -0.15) is 4.39 Å². The molecule has 2 aromatic rings. The molecule has 0 aromatic carbocycles. The maximum absolute atomic E-state index is 12.8. The minimum atomic E-state index is -0.659. The summed E-state index contributed by atoms with van der Waals surface area (Å²) in [5.74, 6) is -0.522. The van der Waals surface area contributed by atoms with E-state index in [1.807, 2.05) is 0 Å². The fourth-order valence-corrected chi connectivity index (χ4v) is 1.39. The highest BCUT2D eigenvalue weighted by atomic mass is 19.1. The summed E-state index contributed by atoms with van der Waals surface area (Å²) in [6, 6.07) is 4.13. The maximum atomic E-state index is 12.8. The summed E-state index contributed by atoms with van der Waals surface area (Å²) in [7, 11) is 0. The first-order chi connectivity index (χ1) is 8.06. The van der Waals surface area contributed by atoms with E-state index < -0.39 is 11.9 Å². The van der Waals surface area contributed by atoms with Crippen molar-refractivity contribution < 1.29 is 13.6 Å². The van der Waals surface area contributed by atoms with E-state index in [0.717, 1.165) is 0 Å². The number of aryl methyl sites for hydroxylation is 2. The van der Waals surface area contributed by atoms with E-state index in [2.05, 4.69) is 15.3 Å². The van der Waals surface area contributed by atoms with Crippen LogP contribution in [0.25, 0.3) is 0 Å². The lowest BCUT2D eigenvalue weighted by Crippen LogP contribution is -2.13. The number of carbonyl (C=O) groups is 1. The van der Waals surface area contributed by atoms with Crippen LogP contribution in [0.15, 0.2) is 22.6 Å². The van der Waals surface area contributed by atoms with Crippen LogP contribution in [-0.2, 0) is 0 Å². The zero-order valence-electron chi connectivity index (χ0n) is 9.32. The highest BCUT2D eigenvalue weighted by Crippen LogP contribution is 2.12. The quantitative estimate of drug-likeness (QED) is 0.809. The van der Waals surface area contributed by atoms with Crippen molar-refractivity contribution in [2.24, 2.45) is 0 Å². The molecule has 0 aliphatic rings. The second-order valence-electron chi connectivity index (χ2n) is 3.45. The molecule has 0 aliphatic carbocycles. The number of nitrogens with one attached hydrogen (secondary N) is 1. The van der Waals surface area contributed by atoms with Crippen molar-refractivity contribution in [3.05, 3.63) is 41.5 Å². The second kappa shape index (κ2) is 4.32. The van der Waals surface area contributed by atoms with Crippen molar-refractivity contribution in [2.45, 2.75) is 13.8 Å². The number of carbonyl (C=O) groups excluding carboxylic acids is 1. The molecule has 0 spiro atoms. The molecule has 0 radical (unpaired) electrons. The summed E-state index contributed by atoms with van der Waals surface area (Å²) in [6.07, 6.45) is 0. The van der Waals surface area contributed by atoms with Gasteiger partial charge in [-0.1, -0.05) is 6.07 Å². The van der Waals surface area contributed by atoms with Crippen LogP contribution in [0.3, 0.4) is 0 Å². The summed E-state index contributed by atoms with van der Waals surface area (Å²) in [6.45, 7) is 3.30. The molecule has 6 heteroatoms. The average molecular weight is 235 g/mol. The van der Waals surface area contributed by atoms with Gasteiger partial charge in [0.15, 0.2) is 5.89 Å². The van der Waals surface area contributed by atoms with Crippen molar-refractivity contribution in [3.8, 4) is 0 Å². The number of oxazole rings is 1. The predicted molar refractivity (Wildman–Crippen MR) is 58.1 cm³/mol. The second-order valence-corrected chi connectivity index (χ2v) is 3.45. The summed E-state index contributed by atoms with van der Waals surface area (Å²) in [5.41, 5.74) is 0.483. The number of hydrogen-bond acceptors (Lipinski definition) is 4. The van der Waals surface area contributed by atoms with Crippen LogP contribution in [0.4, 0.5) is 10.2 Å². The number of nitrogens with zero attached hydrogens (tertiary/aromatic N) is 2. The number of hydrogen-bond donors (Lipinski definition) is 1. The molecule has 1 N–H and O–H groups in total. The number of halogens is 1. The molecule has 2 rings (SSSR count). The van der Waals surface area contributed by atoms with E-state index in [0.29, 0.717) is 11.6 Å². The minimum Gasteiger partial charge on any atom is -0.436 e. The number of aromatic nitrogens is 2. The smallest absolute Gasteiger partial charge is 0.294 e. The monoisotopic (exact) mass is 235 g/mol. The van der Waals surface area contributed by atoms with Crippen LogP contribution in [0.1, 0.15) is 22.1 Å². The summed E-state index contributed by atoms with van der Waals surface area (Å²) in [5, 5.41) is 2.43. The number of rotatable bonds is 2. The Morgan fingerprint density at radius 2 is 2.12 bits per heavy atom. The first-order valence-corrected chi connectivity index (χ1v) is 4.94. The van der Waals surface area contributed by atoms with Crippen LogP contribution >= 0.6 is 0 Å². The molecule has 0 fully saturated rings. The Bertz CT molecular complexity index is 566. The van der Waals surface area contributed by atoms with Crippen LogP contribution in [0.5, 0.6) is 0 Å². The summed E-state index contributed by atoms with van der Waals surface area (Å²) >= 11 is 0. The molecule has 0 bridgehead atoms. The zero-order chi connectivity index (χ0) is 12.4. The topological polar surface area (TPSA) is 68.0 Å². The van der Waals surface area contributed by atoms with Gasteiger partial charge in [-0.25, -0.2) is 9.97 Å². The zero-order valence-corrected chi connectivity index (χ0v) is 9.32. The van der Waals surface area contributed by atoms with Crippen molar-refractivity contribution >= 4 is 11.7 Å². The Kier molecular flexibility index (Phi) is 2.86. The summed E-state index contributed by atoms with van der Waals surface area (Å²) < 4.78 is 17.9. The molecule has 17 heavy (non-hydrogen) atoms. The highest BCUT2D eigenvalue weighted by molar-refractivity contribution is 6.02. The number of amides is 1. The molecule has 0 unspecified atom stereocenters. The predicted octanol–water partition coefficient (Wildman–Crippen LogP) is 2.08. The largest absolute Gasteiger partial charge is 0.436 e. The third kappa shape index (κ3) is 2.47. The van der Waals surface area contributed by atoms with E-state index in [-0.39, 0.29) is 11.6 Å². The fraction of sp³-hybridized carbons (Fsp3) is 0.182. The van der Waals surface area contributed by atoms with E-state index in [9.17, 15) is 9.18 Å². The molecule has 0 atom stereocenters. The van der Waals surface area contributed by atoms with Crippen LogP contribution < -0.4 is 5.32 Å². The van der Waals surface area contributed by atoms with Gasteiger partial charge in [-0.05, 0) is 19.1 Å². The molecule has 2 aromatic heterocycles. The van der Waals surface area contributed by atoms with E-state index in [1.165, 1.54) is 18.2 Å². The number of pyridine rings is 1. The average Bonchev–Trinajstić information content (AvgIpc) is 2.58. The van der Waals surface area contributed by atoms with Crippen molar-refractivity contribution in [2.75, 3.05) is 5.32 Å². The molecular formula is C11H10FN3O2. The minimum absolute atomic E-state index is 0.105. The van der Waals surface area contributed by atoms with Gasteiger partial charge in [0.2, 0.25) is 11.7 Å². The van der Waals surface area contributed by atoms with Gasteiger partial charge in [0, 0.05) is 6.92 Å². The molecular weight excluding hydrogens is 225 g/mol. The standard InChI is InChI=1S/C11H10FN3O2/c1-6-10(17-7(2)13-6)11(16)15-9-5-3-4-8(12)14-9/h3-5H,1-2H3,(H,14,15,16). The van der Waals surface area contributed by atoms with Crippen LogP contribution in [0, 0.1) is 19.8 Å². The lowest BCUT2D eigenvalue weighted by molar-refractivity contribution is 0.0994. The van der Waals surface area contributed by atoms with Gasteiger partial charge in [-0.15, -0.1) is 0 Å². The molecule has 0 saturated carbocycles. The van der Waals surface area contributed by atoms with Gasteiger partial charge in [-0.3, -0.25) is 4.79 Å². The Labute approximate surface area is 96.7 Å². The van der Waals surface area contributed by atoms with E-state index in [4.69, 9.17) is 4.42 Å².